The summed E-state index contributed by atoms with van der Waals surface area (Å²) in [7, 11) is 1.60. The van der Waals surface area contributed by atoms with Crippen LogP contribution in [0.4, 0.5) is 0 Å². The average Bonchev–Trinajstić information content (AvgIpc) is 3.18. The fourth-order valence-corrected chi connectivity index (χ4v) is 3.73. The first kappa shape index (κ1) is 18.9. The van der Waals surface area contributed by atoms with Crippen molar-refractivity contribution in [1.82, 2.24) is 9.99 Å². The lowest BCUT2D eigenvalue weighted by Gasteiger charge is -2.21. The fraction of sp³-hybridized carbons (Fsp3) is 0.182. The zero-order chi connectivity index (χ0) is 20.5. The molecule has 2 heterocycles. The summed E-state index contributed by atoms with van der Waals surface area (Å²) in [5, 5.41) is 16.2. The number of aromatic nitrogens is 1. The van der Waals surface area contributed by atoms with Crippen molar-refractivity contribution in [3.63, 3.8) is 0 Å². The van der Waals surface area contributed by atoms with Crippen LogP contribution in [0.5, 0.6) is 5.75 Å². The van der Waals surface area contributed by atoms with Crippen molar-refractivity contribution in [2.75, 3.05) is 7.11 Å². The molecule has 0 radical (unpaired) electrons. The van der Waals surface area contributed by atoms with E-state index >= 15 is 0 Å². The van der Waals surface area contributed by atoms with Crippen LogP contribution in [0.3, 0.4) is 0 Å². The number of hydrazone groups is 1. The minimum atomic E-state index is -0.343. The molecule has 2 aromatic carbocycles. The quantitative estimate of drug-likeness (QED) is 0.603. The van der Waals surface area contributed by atoms with E-state index in [2.05, 4.69) is 16.2 Å². The van der Waals surface area contributed by atoms with Crippen molar-refractivity contribution in [2.24, 2.45) is 5.10 Å². The smallest absolute Gasteiger partial charge is 0.240 e. The molecule has 0 N–H and O–H groups in total. The Hall–Kier alpha value is -3.43. The second kappa shape index (κ2) is 7.53. The van der Waals surface area contributed by atoms with Gasteiger partial charge in [0.05, 0.1) is 36.0 Å². The number of halogens is 1. The van der Waals surface area contributed by atoms with E-state index in [-0.39, 0.29) is 11.9 Å². The second-order valence-electron chi connectivity index (χ2n) is 6.75. The molecular weight excluding hydrogens is 388 g/mol. The monoisotopic (exact) mass is 404 g/mol. The van der Waals surface area contributed by atoms with E-state index in [1.54, 1.807) is 19.2 Å². The molecule has 4 rings (SSSR count). The zero-order valence-corrected chi connectivity index (χ0v) is 16.6. The Morgan fingerprint density at radius 3 is 2.66 bits per heavy atom. The first-order chi connectivity index (χ1) is 14.0. The molecular formula is C22H17ClN4O2. The number of nitrogens with zero attached hydrogens (tertiary/aromatic N) is 4. The molecule has 1 atom stereocenters. The topological polar surface area (TPSA) is 78.6 Å². The molecule has 0 spiro atoms. The van der Waals surface area contributed by atoms with Crippen molar-refractivity contribution in [3.05, 3.63) is 70.4 Å². The van der Waals surface area contributed by atoms with Gasteiger partial charge < -0.3 is 4.74 Å². The summed E-state index contributed by atoms with van der Waals surface area (Å²) in [5.74, 6) is 0.524. The number of ether oxygens (including phenoxy) is 1. The van der Waals surface area contributed by atoms with Crippen LogP contribution in [-0.4, -0.2) is 28.7 Å². The molecule has 3 aromatic rings. The minimum Gasteiger partial charge on any atom is -0.497 e. The van der Waals surface area contributed by atoms with Gasteiger partial charge in [-0.1, -0.05) is 23.7 Å². The lowest BCUT2D eigenvalue weighted by molar-refractivity contribution is -0.130. The normalized spacial score (nSPS) is 15.9. The lowest BCUT2D eigenvalue weighted by Crippen LogP contribution is -2.24. The van der Waals surface area contributed by atoms with E-state index in [0.29, 0.717) is 22.9 Å². The molecule has 1 aliphatic heterocycles. The van der Waals surface area contributed by atoms with Gasteiger partial charge in [-0.05, 0) is 35.9 Å². The minimum absolute atomic E-state index is 0.176. The van der Waals surface area contributed by atoms with Gasteiger partial charge in [0.25, 0.3) is 0 Å². The highest BCUT2D eigenvalue weighted by Crippen LogP contribution is 2.37. The van der Waals surface area contributed by atoms with Crippen LogP contribution < -0.4 is 4.74 Å². The summed E-state index contributed by atoms with van der Waals surface area (Å²) in [6, 6.07) is 16.4. The number of methoxy groups -OCH3 is 1. The number of amides is 1. The van der Waals surface area contributed by atoms with Gasteiger partial charge in [-0.15, -0.1) is 0 Å². The number of fused-ring (bicyclic) bond motifs is 1. The van der Waals surface area contributed by atoms with E-state index in [1.807, 2.05) is 36.4 Å². The number of carbonyl (C=O) groups excluding carboxylic acids is 1. The average molecular weight is 405 g/mol. The molecule has 1 aromatic heterocycles. The Labute approximate surface area is 173 Å². The van der Waals surface area contributed by atoms with Crippen molar-refractivity contribution < 1.29 is 9.53 Å². The van der Waals surface area contributed by atoms with Gasteiger partial charge in [0.1, 0.15) is 10.9 Å². The predicted molar refractivity (Wildman–Crippen MR) is 111 cm³/mol. The highest BCUT2D eigenvalue weighted by molar-refractivity contribution is 6.30. The van der Waals surface area contributed by atoms with Crippen molar-refractivity contribution in [2.45, 2.75) is 19.4 Å². The summed E-state index contributed by atoms with van der Waals surface area (Å²) in [4.78, 5) is 16.8. The highest BCUT2D eigenvalue weighted by Gasteiger charge is 2.33. The van der Waals surface area contributed by atoms with E-state index in [9.17, 15) is 4.79 Å². The molecule has 29 heavy (non-hydrogen) atoms. The van der Waals surface area contributed by atoms with Crippen LogP contribution in [0.1, 0.15) is 36.1 Å². The van der Waals surface area contributed by atoms with Gasteiger partial charge in [-0.3, -0.25) is 4.79 Å². The standard InChI is InChI=1S/C22H17ClN4O2/c1-13(28)27-21(11-20(26-27)15-5-3-14(12-24)4-6-15)18-9-16-7-8-17(29-2)10-19(16)25-22(18)23/h3-10,21H,11H2,1-2H3. The fourth-order valence-electron chi connectivity index (χ4n) is 3.45. The Balaban J connectivity index is 1.73. The Kier molecular flexibility index (Phi) is 4.91. The van der Waals surface area contributed by atoms with Gasteiger partial charge in [-0.2, -0.15) is 10.4 Å². The number of hydrogen-bond acceptors (Lipinski definition) is 5. The zero-order valence-electron chi connectivity index (χ0n) is 15.9. The first-order valence-corrected chi connectivity index (χ1v) is 9.40. The maximum Gasteiger partial charge on any atom is 0.240 e. The summed E-state index contributed by atoms with van der Waals surface area (Å²) < 4.78 is 5.25. The molecule has 0 aliphatic carbocycles. The summed E-state index contributed by atoms with van der Waals surface area (Å²) in [6.07, 6.45) is 0.508. The third kappa shape index (κ3) is 3.53. The molecule has 0 saturated heterocycles. The third-order valence-electron chi connectivity index (χ3n) is 4.94. The molecule has 6 nitrogen and oxygen atoms in total. The van der Waals surface area contributed by atoms with E-state index in [0.717, 1.165) is 27.7 Å². The predicted octanol–water partition coefficient (Wildman–Crippen LogP) is 4.47. The van der Waals surface area contributed by atoms with Gasteiger partial charge in [-0.25, -0.2) is 9.99 Å². The highest BCUT2D eigenvalue weighted by atomic mass is 35.5. The molecule has 1 unspecified atom stereocenters. The van der Waals surface area contributed by atoms with Crippen LogP contribution >= 0.6 is 11.6 Å². The second-order valence-corrected chi connectivity index (χ2v) is 7.10. The summed E-state index contributed by atoms with van der Waals surface area (Å²) in [5.41, 5.74) is 3.67. The molecule has 144 valence electrons. The molecule has 1 amide bonds. The number of rotatable bonds is 3. The van der Waals surface area contributed by atoms with Crippen LogP contribution in [0.25, 0.3) is 10.9 Å². The van der Waals surface area contributed by atoms with Gasteiger partial charge >= 0.3 is 0 Å². The molecule has 0 saturated carbocycles. The lowest BCUT2D eigenvalue weighted by atomic mass is 9.98. The molecule has 7 heteroatoms. The maximum absolute atomic E-state index is 12.3. The van der Waals surface area contributed by atoms with Crippen LogP contribution in [-0.2, 0) is 4.79 Å². The first-order valence-electron chi connectivity index (χ1n) is 9.02. The largest absolute Gasteiger partial charge is 0.497 e. The number of hydrogen-bond donors (Lipinski definition) is 0. The maximum atomic E-state index is 12.3. The van der Waals surface area contributed by atoms with Gasteiger partial charge in [0.15, 0.2) is 0 Å². The molecule has 0 fully saturated rings. The molecule has 0 bridgehead atoms. The van der Waals surface area contributed by atoms with E-state index in [1.165, 1.54) is 11.9 Å². The van der Waals surface area contributed by atoms with Crippen LogP contribution in [0.2, 0.25) is 5.15 Å². The number of pyridine rings is 1. The summed E-state index contributed by atoms with van der Waals surface area (Å²) >= 11 is 6.51. The summed E-state index contributed by atoms with van der Waals surface area (Å²) in [6.45, 7) is 1.48. The van der Waals surface area contributed by atoms with Crippen molar-refractivity contribution >= 4 is 34.1 Å². The van der Waals surface area contributed by atoms with Gasteiger partial charge in [0.2, 0.25) is 5.91 Å². The molecule has 1 aliphatic rings. The third-order valence-corrected chi connectivity index (χ3v) is 5.25. The van der Waals surface area contributed by atoms with Crippen molar-refractivity contribution in [3.8, 4) is 11.8 Å². The van der Waals surface area contributed by atoms with E-state index in [4.69, 9.17) is 21.6 Å². The van der Waals surface area contributed by atoms with Gasteiger partial charge in [0, 0.05) is 30.4 Å². The Morgan fingerprint density at radius 1 is 1.24 bits per heavy atom. The van der Waals surface area contributed by atoms with E-state index < -0.39 is 0 Å². The van der Waals surface area contributed by atoms with Crippen molar-refractivity contribution in [1.29, 1.82) is 5.26 Å². The Bertz CT molecular complexity index is 1180. The van der Waals surface area contributed by atoms with Crippen LogP contribution in [0, 0.1) is 11.3 Å². The number of nitriles is 1. The van der Waals surface area contributed by atoms with Crippen LogP contribution in [0.15, 0.2) is 53.6 Å². The Morgan fingerprint density at radius 2 is 2.00 bits per heavy atom. The number of benzene rings is 2. The SMILES string of the molecule is COc1ccc2cc(C3CC(c4ccc(C#N)cc4)=NN3C(C)=O)c(Cl)nc2c1. The number of carbonyl (C=O) groups is 1.